The van der Waals surface area contributed by atoms with Crippen LogP contribution in [0.5, 0.6) is 5.75 Å². The van der Waals surface area contributed by atoms with Gasteiger partial charge in [0.2, 0.25) is 0 Å². The number of hydrogen-bond acceptors (Lipinski definition) is 3. The molecule has 1 fully saturated rings. The molecule has 108 valence electrons. The van der Waals surface area contributed by atoms with E-state index < -0.39 is 11.4 Å². The maximum atomic E-state index is 12.5. The van der Waals surface area contributed by atoms with Gasteiger partial charge in [0.1, 0.15) is 5.75 Å². The zero-order valence-electron chi connectivity index (χ0n) is 11.4. The van der Waals surface area contributed by atoms with Gasteiger partial charge in [-0.05, 0) is 47.5 Å². The van der Waals surface area contributed by atoms with Crippen molar-refractivity contribution < 1.29 is 19.4 Å². The zero-order valence-corrected chi connectivity index (χ0v) is 12.9. The summed E-state index contributed by atoms with van der Waals surface area (Å²) in [7, 11) is 1.54. The fourth-order valence-corrected chi connectivity index (χ4v) is 2.69. The standard InChI is InChI=1S/C14H16BrNO4/c1-14(13(18)19)5-6-16(8-14)12(17)10-7-9(20-2)3-4-11(10)15/h3-4,7H,5-6,8H2,1-2H3,(H,18,19)/t14-/m1/s1. The van der Waals surface area contributed by atoms with Gasteiger partial charge >= 0.3 is 5.97 Å². The van der Waals surface area contributed by atoms with Crippen molar-refractivity contribution in [1.29, 1.82) is 0 Å². The lowest BCUT2D eigenvalue weighted by Crippen LogP contribution is -2.35. The number of benzene rings is 1. The number of carboxylic acids is 1. The van der Waals surface area contributed by atoms with Gasteiger partial charge in [0, 0.05) is 17.6 Å². The monoisotopic (exact) mass is 341 g/mol. The maximum absolute atomic E-state index is 12.5. The Balaban J connectivity index is 2.23. The van der Waals surface area contributed by atoms with Crippen LogP contribution in [-0.2, 0) is 4.79 Å². The summed E-state index contributed by atoms with van der Waals surface area (Å²) >= 11 is 3.35. The highest BCUT2D eigenvalue weighted by Crippen LogP contribution is 2.32. The predicted octanol–water partition coefficient (Wildman–Crippen LogP) is 2.39. The SMILES string of the molecule is COc1ccc(Br)c(C(=O)N2CC[C@@](C)(C(=O)O)C2)c1. The smallest absolute Gasteiger partial charge is 0.311 e. The lowest BCUT2D eigenvalue weighted by atomic mass is 9.90. The zero-order chi connectivity index (χ0) is 14.9. The quantitative estimate of drug-likeness (QED) is 0.916. The predicted molar refractivity (Wildman–Crippen MR) is 77.0 cm³/mol. The van der Waals surface area contributed by atoms with Gasteiger partial charge in [-0.25, -0.2) is 0 Å². The number of aliphatic carboxylic acids is 1. The molecule has 0 aliphatic carbocycles. The summed E-state index contributed by atoms with van der Waals surface area (Å²) in [4.78, 5) is 25.3. The maximum Gasteiger partial charge on any atom is 0.311 e. The Morgan fingerprint density at radius 3 is 2.70 bits per heavy atom. The van der Waals surface area contributed by atoms with Crippen LogP contribution >= 0.6 is 15.9 Å². The molecule has 1 aromatic rings. The van der Waals surface area contributed by atoms with Gasteiger partial charge in [-0.1, -0.05) is 0 Å². The van der Waals surface area contributed by atoms with E-state index in [2.05, 4.69) is 15.9 Å². The van der Waals surface area contributed by atoms with Crippen molar-refractivity contribution >= 4 is 27.8 Å². The first-order valence-corrected chi connectivity index (χ1v) is 7.03. The van der Waals surface area contributed by atoms with E-state index in [1.807, 2.05) is 0 Å². The lowest BCUT2D eigenvalue weighted by Gasteiger charge is -2.20. The molecule has 1 aliphatic rings. The minimum atomic E-state index is -0.863. The van der Waals surface area contributed by atoms with Crippen LogP contribution in [0.3, 0.4) is 0 Å². The first-order valence-electron chi connectivity index (χ1n) is 6.23. The third-order valence-corrected chi connectivity index (χ3v) is 4.37. The molecule has 1 atom stereocenters. The summed E-state index contributed by atoms with van der Waals surface area (Å²) in [5.41, 5.74) is -0.375. The molecule has 5 nitrogen and oxygen atoms in total. The Morgan fingerprint density at radius 2 is 2.15 bits per heavy atom. The fourth-order valence-electron chi connectivity index (χ4n) is 2.27. The molecule has 0 saturated carbocycles. The van der Waals surface area contributed by atoms with Crippen LogP contribution in [-0.4, -0.2) is 42.1 Å². The van der Waals surface area contributed by atoms with E-state index in [9.17, 15) is 14.7 Å². The number of ether oxygens (including phenoxy) is 1. The minimum absolute atomic E-state index is 0.180. The first kappa shape index (κ1) is 14.8. The van der Waals surface area contributed by atoms with Gasteiger partial charge in [-0.3, -0.25) is 9.59 Å². The average molecular weight is 342 g/mol. The third kappa shape index (κ3) is 2.65. The van der Waals surface area contributed by atoms with Crippen LogP contribution in [0.25, 0.3) is 0 Å². The van der Waals surface area contributed by atoms with E-state index in [1.54, 1.807) is 30.0 Å². The molecule has 0 unspecified atom stereocenters. The van der Waals surface area contributed by atoms with E-state index in [-0.39, 0.29) is 12.5 Å². The van der Waals surface area contributed by atoms with Gasteiger partial charge in [-0.2, -0.15) is 0 Å². The van der Waals surface area contributed by atoms with Crippen molar-refractivity contribution in [3.8, 4) is 5.75 Å². The topological polar surface area (TPSA) is 66.8 Å². The van der Waals surface area contributed by atoms with Gasteiger partial charge in [0.05, 0.1) is 18.1 Å². The molecule has 20 heavy (non-hydrogen) atoms. The average Bonchev–Trinajstić information content (AvgIpc) is 2.83. The summed E-state index contributed by atoms with van der Waals surface area (Å²) in [6.45, 7) is 2.35. The molecule has 1 heterocycles. The Labute approximate surface area is 125 Å². The van der Waals surface area contributed by atoms with Crippen molar-refractivity contribution in [2.75, 3.05) is 20.2 Å². The lowest BCUT2D eigenvalue weighted by molar-refractivity contribution is -0.147. The minimum Gasteiger partial charge on any atom is -0.497 e. The van der Waals surface area contributed by atoms with E-state index in [0.29, 0.717) is 28.8 Å². The molecule has 1 amide bonds. The number of carboxylic acid groups (broad SMARTS) is 1. The molecule has 1 saturated heterocycles. The number of amides is 1. The van der Waals surface area contributed by atoms with Crippen molar-refractivity contribution in [3.63, 3.8) is 0 Å². The van der Waals surface area contributed by atoms with Crippen LogP contribution < -0.4 is 4.74 Å². The normalized spacial score (nSPS) is 21.9. The van der Waals surface area contributed by atoms with Crippen LogP contribution in [0.1, 0.15) is 23.7 Å². The number of rotatable bonds is 3. The first-order chi connectivity index (χ1) is 9.37. The van der Waals surface area contributed by atoms with Crippen LogP contribution in [0.2, 0.25) is 0 Å². The van der Waals surface area contributed by atoms with Crippen molar-refractivity contribution in [2.45, 2.75) is 13.3 Å². The number of methoxy groups -OCH3 is 1. The molecule has 2 rings (SSSR count). The molecular weight excluding hydrogens is 326 g/mol. The summed E-state index contributed by atoms with van der Waals surface area (Å²) in [5, 5.41) is 9.21. The Hall–Kier alpha value is -1.56. The van der Waals surface area contributed by atoms with E-state index in [1.165, 1.54) is 7.11 Å². The number of hydrogen-bond donors (Lipinski definition) is 1. The second-order valence-corrected chi connectivity index (χ2v) is 6.04. The highest BCUT2D eigenvalue weighted by molar-refractivity contribution is 9.10. The highest BCUT2D eigenvalue weighted by Gasteiger charge is 2.42. The number of carbonyl (C=O) groups excluding carboxylic acids is 1. The second kappa shape index (κ2) is 5.44. The molecular formula is C14H16BrNO4. The van der Waals surface area contributed by atoms with E-state index >= 15 is 0 Å². The highest BCUT2D eigenvalue weighted by atomic mass is 79.9. The number of carbonyl (C=O) groups is 2. The Morgan fingerprint density at radius 1 is 1.45 bits per heavy atom. The van der Waals surface area contributed by atoms with E-state index in [4.69, 9.17) is 4.74 Å². The molecule has 1 aliphatic heterocycles. The largest absolute Gasteiger partial charge is 0.497 e. The molecule has 0 spiro atoms. The number of halogens is 1. The summed E-state index contributed by atoms with van der Waals surface area (Å²) < 4.78 is 5.79. The van der Waals surface area contributed by atoms with Gasteiger partial charge < -0.3 is 14.7 Å². The molecule has 6 heteroatoms. The van der Waals surface area contributed by atoms with Crippen LogP contribution in [0.4, 0.5) is 0 Å². The molecule has 0 bridgehead atoms. The van der Waals surface area contributed by atoms with Crippen LogP contribution in [0.15, 0.2) is 22.7 Å². The molecule has 0 radical (unpaired) electrons. The number of nitrogens with zero attached hydrogens (tertiary/aromatic N) is 1. The van der Waals surface area contributed by atoms with Crippen molar-refractivity contribution in [3.05, 3.63) is 28.2 Å². The van der Waals surface area contributed by atoms with Gasteiger partial charge in [0.25, 0.3) is 5.91 Å². The van der Waals surface area contributed by atoms with Crippen molar-refractivity contribution in [1.82, 2.24) is 4.90 Å². The van der Waals surface area contributed by atoms with Gasteiger partial charge in [0.15, 0.2) is 0 Å². The van der Waals surface area contributed by atoms with Crippen molar-refractivity contribution in [2.24, 2.45) is 5.41 Å². The van der Waals surface area contributed by atoms with Gasteiger partial charge in [-0.15, -0.1) is 0 Å². The van der Waals surface area contributed by atoms with E-state index in [0.717, 1.165) is 0 Å². The van der Waals surface area contributed by atoms with Crippen LogP contribution in [0, 0.1) is 5.41 Å². The summed E-state index contributed by atoms with van der Waals surface area (Å²) in [6, 6.07) is 5.16. The molecule has 0 aromatic heterocycles. The number of likely N-dealkylation sites (tertiary alicyclic amines) is 1. The fraction of sp³-hybridized carbons (Fsp3) is 0.429. The summed E-state index contributed by atoms with van der Waals surface area (Å²) in [6.07, 6.45) is 0.468. The molecule has 1 aromatic carbocycles. The Bertz CT molecular complexity index is 560. The molecule has 1 N–H and O–H groups in total. The second-order valence-electron chi connectivity index (χ2n) is 5.19. The third-order valence-electron chi connectivity index (χ3n) is 3.68. The Kier molecular flexibility index (Phi) is 4.04. The summed E-state index contributed by atoms with van der Waals surface area (Å²) in [5.74, 6) is -0.449.